The van der Waals surface area contributed by atoms with Crippen molar-refractivity contribution in [3.8, 4) is 0 Å². The minimum absolute atomic E-state index is 0.388. The van der Waals surface area contributed by atoms with Gasteiger partial charge in [0.05, 0.1) is 0 Å². The monoisotopic (exact) mass is 271 g/mol. The average Bonchev–Trinajstić information content (AvgIpc) is 2.53. The van der Waals surface area contributed by atoms with Crippen molar-refractivity contribution in [1.82, 2.24) is 0 Å². The van der Waals surface area contributed by atoms with E-state index in [1.54, 1.807) is 6.07 Å². The van der Waals surface area contributed by atoms with Gasteiger partial charge in [-0.3, -0.25) is 4.79 Å². The van der Waals surface area contributed by atoms with Crippen LogP contribution in [0.25, 0.3) is 32.3 Å². The van der Waals surface area contributed by atoms with Gasteiger partial charge in [0.25, 0.3) is 0 Å². The molecule has 0 spiro atoms. The molecule has 0 atom stereocenters. The van der Waals surface area contributed by atoms with Gasteiger partial charge in [-0.1, -0.05) is 60.7 Å². The summed E-state index contributed by atoms with van der Waals surface area (Å²) in [7, 11) is 0. The molecule has 4 aromatic rings. The van der Waals surface area contributed by atoms with Crippen molar-refractivity contribution in [2.75, 3.05) is 0 Å². The molecule has 0 saturated carbocycles. The zero-order valence-electron chi connectivity index (χ0n) is 11.3. The van der Waals surface area contributed by atoms with Crippen LogP contribution in [0.3, 0.4) is 0 Å². The maximum atomic E-state index is 11.8. The molecule has 1 amide bonds. The molecule has 0 bridgehead atoms. The van der Waals surface area contributed by atoms with Crippen LogP contribution >= 0.6 is 0 Å². The maximum Gasteiger partial charge on any atom is 0.249 e. The summed E-state index contributed by atoms with van der Waals surface area (Å²) in [5.41, 5.74) is 6.15. The summed E-state index contributed by atoms with van der Waals surface area (Å²) < 4.78 is 0. The van der Waals surface area contributed by atoms with E-state index in [1.165, 1.54) is 0 Å². The second kappa shape index (κ2) is 4.32. The number of fused-ring (bicyclic) bond motifs is 5. The summed E-state index contributed by atoms with van der Waals surface area (Å²) in [5.74, 6) is -0.388. The number of carbonyl (C=O) groups is 1. The summed E-state index contributed by atoms with van der Waals surface area (Å²) in [5, 5.41) is 6.51. The van der Waals surface area contributed by atoms with Crippen molar-refractivity contribution in [3.05, 3.63) is 72.3 Å². The Morgan fingerprint density at radius 3 is 2.05 bits per heavy atom. The third kappa shape index (κ3) is 1.69. The highest BCUT2D eigenvalue weighted by Crippen LogP contribution is 2.33. The van der Waals surface area contributed by atoms with Gasteiger partial charge in [-0.2, -0.15) is 0 Å². The van der Waals surface area contributed by atoms with Crippen molar-refractivity contribution in [1.29, 1.82) is 0 Å². The van der Waals surface area contributed by atoms with Gasteiger partial charge in [0.1, 0.15) is 0 Å². The molecule has 4 rings (SSSR count). The predicted octanol–water partition coefficient (Wildman–Crippen LogP) is 4.25. The topological polar surface area (TPSA) is 43.1 Å². The third-order valence-electron chi connectivity index (χ3n) is 4.02. The Morgan fingerprint density at radius 1 is 0.667 bits per heavy atom. The molecule has 0 heterocycles. The minimum Gasteiger partial charge on any atom is -0.366 e. The average molecular weight is 271 g/mol. The first-order valence-electron chi connectivity index (χ1n) is 6.89. The van der Waals surface area contributed by atoms with E-state index in [-0.39, 0.29) is 5.91 Å². The van der Waals surface area contributed by atoms with Crippen LogP contribution in [0.1, 0.15) is 10.4 Å². The van der Waals surface area contributed by atoms with Crippen molar-refractivity contribution in [2.45, 2.75) is 0 Å². The first-order valence-corrected chi connectivity index (χ1v) is 6.89. The molecule has 0 aliphatic carbocycles. The van der Waals surface area contributed by atoms with E-state index in [4.69, 9.17) is 5.73 Å². The van der Waals surface area contributed by atoms with Gasteiger partial charge in [-0.25, -0.2) is 0 Å². The second-order valence-electron chi connectivity index (χ2n) is 5.22. The highest BCUT2D eigenvalue weighted by molar-refractivity contribution is 6.25. The lowest BCUT2D eigenvalue weighted by molar-refractivity contribution is 0.100. The molecule has 4 aromatic carbocycles. The lowest BCUT2D eigenvalue weighted by atomic mass is 9.93. The number of hydrogen-bond donors (Lipinski definition) is 1. The Bertz CT molecular complexity index is 1010. The van der Waals surface area contributed by atoms with Crippen molar-refractivity contribution in [2.24, 2.45) is 5.73 Å². The quantitative estimate of drug-likeness (QED) is 0.517. The van der Waals surface area contributed by atoms with Crippen molar-refractivity contribution < 1.29 is 4.79 Å². The molecule has 21 heavy (non-hydrogen) atoms. The number of amides is 1. The van der Waals surface area contributed by atoms with Crippen molar-refractivity contribution >= 4 is 38.2 Å². The SMILES string of the molecule is NC(=O)c1cccc2ccc3ccc4ccccc4c3c12. The van der Waals surface area contributed by atoms with Crippen LogP contribution in [0.4, 0.5) is 0 Å². The van der Waals surface area contributed by atoms with E-state index in [2.05, 4.69) is 30.3 Å². The number of primary amides is 1. The molecule has 0 saturated heterocycles. The molecule has 2 N–H and O–H groups in total. The van der Waals surface area contributed by atoms with E-state index in [0.29, 0.717) is 5.56 Å². The fourth-order valence-corrected chi connectivity index (χ4v) is 3.08. The largest absolute Gasteiger partial charge is 0.366 e. The summed E-state index contributed by atoms with van der Waals surface area (Å²) in [4.78, 5) is 11.8. The van der Waals surface area contributed by atoms with Crippen LogP contribution in [0.2, 0.25) is 0 Å². The lowest BCUT2D eigenvalue weighted by Gasteiger charge is -2.10. The number of carbonyl (C=O) groups excluding carboxylic acids is 1. The summed E-state index contributed by atoms with van der Waals surface area (Å²) in [6, 6.07) is 22.2. The Balaban J connectivity index is 2.37. The van der Waals surface area contributed by atoms with Crippen LogP contribution in [0, 0.1) is 0 Å². The minimum atomic E-state index is -0.388. The van der Waals surface area contributed by atoms with E-state index in [9.17, 15) is 4.79 Å². The maximum absolute atomic E-state index is 11.8. The normalized spacial score (nSPS) is 11.2. The van der Waals surface area contributed by atoms with Gasteiger partial charge >= 0.3 is 0 Å². The zero-order chi connectivity index (χ0) is 14.4. The van der Waals surface area contributed by atoms with E-state index in [0.717, 1.165) is 32.3 Å². The second-order valence-corrected chi connectivity index (χ2v) is 5.22. The number of rotatable bonds is 1. The number of benzene rings is 4. The van der Waals surface area contributed by atoms with Gasteiger partial charge in [0.15, 0.2) is 0 Å². The molecular formula is C19H13NO. The van der Waals surface area contributed by atoms with E-state index in [1.807, 2.05) is 30.3 Å². The molecule has 0 radical (unpaired) electrons. The molecule has 100 valence electrons. The highest BCUT2D eigenvalue weighted by atomic mass is 16.1. The van der Waals surface area contributed by atoms with Gasteiger partial charge in [0, 0.05) is 10.9 Å². The van der Waals surface area contributed by atoms with Crippen LogP contribution in [0.15, 0.2) is 66.7 Å². The fourth-order valence-electron chi connectivity index (χ4n) is 3.08. The van der Waals surface area contributed by atoms with Gasteiger partial charge < -0.3 is 5.73 Å². The summed E-state index contributed by atoms with van der Waals surface area (Å²) in [6.45, 7) is 0. The molecular weight excluding hydrogens is 258 g/mol. The zero-order valence-corrected chi connectivity index (χ0v) is 11.3. The van der Waals surface area contributed by atoms with Crippen molar-refractivity contribution in [3.63, 3.8) is 0 Å². The molecule has 0 aliphatic heterocycles. The fraction of sp³-hybridized carbons (Fsp3) is 0. The Hall–Kier alpha value is -2.87. The predicted molar refractivity (Wildman–Crippen MR) is 87.5 cm³/mol. The van der Waals surface area contributed by atoms with Gasteiger partial charge in [0.2, 0.25) is 5.91 Å². The summed E-state index contributed by atoms with van der Waals surface area (Å²) in [6.07, 6.45) is 0. The molecule has 0 unspecified atom stereocenters. The van der Waals surface area contributed by atoms with Crippen LogP contribution in [-0.2, 0) is 0 Å². The first-order chi connectivity index (χ1) is 10.3. The molecule has 2 nitrogen and oxygen atoms in total. The Kier molecular flexibility index (Phi) is 2.45. The first kappa shape index (κ1) is 11.9. The number of nitrogens with two attached hydrogens (primary N) is 1. The van der Waals surface area contributed by atoms with Crippen LogP contribution < -0.4 is 5.73 Å². The standard InChI is InChI=1S/C19H13NO/c20-19(21)16-7-3-5-13-10-11-14-9-8-12-4-1-2-6-15(12)17(14)18(13)16/h1-11H,(H2,20,21). The van der Waals surface area contributed by atoms with Gasteiger partial charge in [-0.15, -0.1) is 0 Å². The molecule has 0 fully saturated rings. The smallest absolute Gasteiger partial charge is 0.249 e. The number of hydrogen-bond acceptors (Lipinski definition) is 1. The molecule has 0 aromatic heterocycles. The molecule has 0 aliphatic rings. The van der Waals surface area contributed by atoms with Gasteiger partial charge in [-0.05, 0) is 33.0 Å². The lowest BCUT2D eigenvalue weighted by Crippen LogP contribution is -2.11. The Morgan fingerprint density at radius 2 is 1.29 bits per heavy atom. The third-order valence-corrected chi connectivity index (χ3v) is 4.02. The van der Waals surface area contributed by atoms with Crippen LogP contribution in [0.5, 0.6) is 0 Å². The molecule has 2 heteroatoms. The highest BCUT2D eigenvalue weighted by Gasteiger charge is 2.11. The van der Waals surface area contributed by atoms with E-state index < -0.39 is 0 Å². The summed E-state index contributed by atoms with van der Waals surface area (Å²) >= 11 is 0. The van der Waals surface area contributed by atoms with Crippen LogP contribution in [-0.4, -0.2) is 5.91 Å². The Labute approximate surface area is 121 Å². The van der Waals surface area contributed by atoms with E-state index >= 15 is 0 Å².